The highest BCUT2D eigenvalue weighted by atomic mass is 16.2. The van der Waals surface area contributed by atoms with Crippen LogP contribution < -0.4 is 16.0 Å². The van der Waals surface area contributed by atoms with Crippen LogP contribution in [-0.4, -0.2) is 48.9 Å². The van der Waals surface area contributed by atoms with Gasteiger partial charge in [-0.1, -0.05) is 6.07 Å². The summed E-state index contributed by atoms with van der Waals surface area (Å²) in [5, 5.41) is 8.13. The second-order valence-electron chi connectivity index (χ2n) is 4.75. The minimum atomic E-state index is -0.561. The number of benzene rings is 1. The summed E-state index contributed by atoms with van der Waals surface area (Å²) in [6, 6.07) is 5.91. The van der Waals surface area contributed by atoms with Crippen molar-refractivity contribution in [2.75, 3.05) is 25.5 Å². The van der Waals surface area contributed by atoms with E-state index in [1.807, 2.05) is 0 Å². The lowest BCUT2D eigenvalue weighted by molar-refractivity contribution is -0.128. The van der Waals surface area contributed by atoms with Crippen molar-refractivity contribution < 1.29 is 14.4 Å². The molecule has 4 amide bonds. The van der Waals surface area contributed by atoms with Crippen LogP contribution >= 0.6 is 0 Å². The third-order valence-corrected chi connectivity index (χ3v) is 3.23. The molecule has 0 bridgehead atoms. The van der Waals surface area contributed by atoms with Crippen molar-refractivity contribution in [1.82, 2.24) is 15.5 Å². The summed E-state index contributed by atoms with van der Waals surface area (Å²) in [7, 11) is 1.56. The van der Waals surface area contributed by atoms with E-state index in [1.165, 1.54) is 4.90 Å². The first-order chi connectivity index (χ1) is 10.0. The number of rotatable bonds is 4. The van der Waals surface area contributed by atoms with Gasteiger partial charge in [0.05, 0.1) is 0 Å². The molecule has 1 atom stereocenters. The SMILES string of the molecule is CNC(=O)c1cccc(NC(C)C(=O)N2CCNC2=O)c1. The normalized spacial score (nSPS) is 15.3. The minimum Gasteiger partial charge on any atom is -0.374 e. The van der Waals surface area contributed by atoms with Gasteiger partial charge in [0.2, 0.25) is 0 Å². The monoisotopic (exact) mass is 290 g/mol. The predicted molar refractivity (Wildman–Crippen MR) is 78.0 cm³/mol. The molecule has 0 spiro atoms. The molecule has 1 aliphatic heterocycles. The van der Waals surface area contributed by atoms with Crippen molar-refractivity contribution in [3.8, 4) is 0 Å². The Bertz CT molecular complexity index is 573. The van der Waals surface area contributed by atoms with Crippen LogP contribution in [0.4, 0.5) is 10.5 Å². The highest BCUT2D eigenvalue weighted by Gasteiger charge is 2.29. The lowest BCUT2D eigenvalue weighted by atomic mass is 10.1. The molecule has 112 valence electrons. The third kappa shape index (κ3) is 3.31. The Morgan fingerprint density at radius 2 is 2.14 bits per heavy atom. The predicted octanol–water partition coefficient (Wildman–Crippen LogP) is 0.398. The first-order valence-electron chi connectivity index (χ1n) is 6.71. The molecule has 7 heteroatoms. The molecule has 1 heterocycles. The van der Waals surface area contributed by atoms with Crippen LogP contribution in [0, 0.1) is 0 Å². The topological polar surface area (TPSA) is 90.5 Å². The fraction of sp³-hybridized carbons (Fsp3) is 0.357. The maximum atomic E-state index is 12.2. The van der Waals surface area contributed by atoms with Crippen molar-refractivity contribution in [3.05, 3.63) is 29.8 Å². The maximum absolute atomic E-state index is 12.2. The van der Waals surface area contributed by atoms with E-state index in [1.54, 1.807) is 38.2 Å². The van der Waals surface area contributed by atoms with E-state index >= 15 is 0 Å². The standard InChI is InChI=1S/C14H18N4O3/c1-9(13(20)18-7-6-16-14(18)21)17-11-5-3-4-10(8-11)12(19)15-2/h3-5,8-9,17H,6-7H2,1-2H3,(H,15,19)(H,16,21). The lowest BCUT2D eigenvalue weighted by Gasteiger charge is -2.20. The number of hydrogen-bond donors (Lipinski definition) is 3. The Morgan fingerprint density at radius 3 is 2.76 bits per heavy atom. The molecule has 0 aliphatic carbocycles. The summed E-state index contributed by atoms with van der Waals surface area (Å²) < 4.78 is 0. The van der Waals surface area contributed by atoms with Gasteiger partial charge in [-0.3, -0.25) is 14.5 Å². The zero-order valence-electron chi connectivity index (χ0n) is 12.0. The molecule has 0 radical (unpaired) electrons. The van der Waals surface area contributed by atoms with E-state index in [4.69, 9.17) is 0 Å². The van der Waals surface area contributed by atoms with Crippen molar-refractivity contribution in [2.45, 2.75) is 13.0 Å². The molecule has 1 saturated heterocycles. The van der Waals surface area contributed by atoms with Crippen LogP contribution in [0.5, 0.6) is 0 Å². The van der Waals surface area contributed by atoms with Gasteiger partial charge in [-0.15, -0.1) is 0 Å². The van der Waals surface area contributed by atoms with Gasteiger partial charge in [0.1, 0.15) is 6.04 Å². The zero-order valence-corrected chi connectivity index (χ0v) is 12.0. The zero-order chi connectivity index (χ0) is 15.4. The molecule has 0 saturated carbocycles. The second kappa shape index (κ2) is 6.25. The quantitative estimate of drug-likeness (QED) is 0.748. The van der Waals surface area contributed by atoms with Gasteiger partial charge in [-0.05, 0) is 25.1 Å². The van der Waals surface area contributed by atoms with Crippen LogP contribution in [0.15, 0.2) is 24.3 Å². The average Bonchev–Trinajstić information content (AvgIpc) is 2.92. The molecule has 1 fully saturated rings. The average molecular weight is 290 g/mol. The molecule has 1 aliphatic rings. The van der Waals surface area contributed by atoms with Gasteiger partial charge in [0.25, 0.3) is 11.8 Å². The molecule has 0 aromatic heterocycles. The first kappa shape index (κ1) is 14.8. The van der Waals surface area contributed by atoms with Crippen molar-refractivity contribution in [1.29, 1.82) is 0 Å². The fourth-order valence-corrected chi connectivity index (χ4v) is 2.12. The van der Waals surface area contributed by atoms with Gasteiger partial charge in [-0.25, -0.2) is 4.79 Å². The highest BCUT2D eigenvalue weighted by Crippen LogP contribution is 2.13. The minimum absolute atomic E-state index is 0.198. The lowest BCUT2D eigenvalue weighted by Crippen LogP contribution is -2.43. The molecule has 2 rings (SSSR count). The van der Waals surface area contributed by atoms with Gasteiger partial charge < -0.3 is 16.0 Å². The van der Waals surface area contributed by atoms with E-state index < -0.39 is 6.04 Å². The summed E-state index contributed by atoms with van der Waals surface area (Å²) in [6.07, 6.45) is 0. The Morgan fingerprint density at radius 1 is 1.38 bits per heavy atom. The maximum Gasteiger partial charge on any atom is 0.324 e. The summed E-state index contributed by atoms with van der Waals surface area (Å²) in [6.45, 7) is 2.53. The van der Waals surface area contributed by atoms with E-state index in [2.05, 4.69) is 16.0 Å². The molecular weight excluding hydrogens is 272 g/mol. The fourth-order valence-electron chi connectivity index (χ4n) is 2.12. The van der Waals surface area contributed by atoms with Gasteiger partial charge in [0.15, 0.2) is 0 Å². The second-order valence-corrected chi connectivity index (χ2v) is 4.75. The van der Waals surface area contributed by atoms with Gasteiger partial charge in [0, 0.05) is 31.4 Å². The Balaban J connectivity index is 2.05. The van der Waals surface area contributed by atoms with Crippen molar-refractivity contribution in [3.63, 3.8) is 0 Å². The van der Waals surface area contributed by atoms with Crippen molar-refractivity contribution in [2.24, 2.45) is 0 Å². The summed E-state index contributed by atoms with van der Waals surface area (Å²) in [5.41, 5.74) is 1.15. The van der Waals surface area contributed by atoms with E-state index in [-0.39, 0.29) is 17.8 Å². The van der Waals surface area contributed by atoms with E-state index in [0.29, 0.717) is 24.3 Å². The third-order valence-electron chi connectivity index (χ3n) is 3.23. The van der Waals surface area contributed by atoms with Crippen molar-refractivity contribution >= 4 is 23.5 Å². The number of amides is 4. The number of anilines is 1. The van der Waals surface area contributed by atoms with Crippen LogP contribution in [-0.2, 0) is 4.79 Å². The molecule has 1 unspecified atom stereocenters. The molecule has 1 aromatic rings. The molecule has 3 N–H and O–H groups in total. The first-order valence-corrected chi connectivity index (χ1v) is 6.71. The van der Waals surface area contributed by atoms with Gasteiger partial charge in [-0.2, -0.15) is 0 Å². The number of imide groups is 1. The number of carbonyl (C=O) groups is 3. The number of nitrogens with zero attached hydrogens (tertiary/aromatic N) is 1. The molecule has 7 nitrogen and oxygen atoms in total. The van der Waals surface area contributed by atoms with Crippen LogP contribution in [0.2, 0.25) is 0 Å². The highest BCUT2D eigenvalue weighted by molar-refractivity contribution is 5.99. The Labute approximate surface area is 122 Å². The van der Waals surface area contributed by atoms with E-state index in [9.17, 15) is 14.4 Å². The van der Waals surface area contributed by atoms with Gasteiger partial charge >= 0.3 is 6.03 Å². The number of nitrogens with one attached hydrogen (secondary N) is 3. The number of urea groups is 1. The van der Waals surface area contributed by atoms with Crippen LogP contribution in [0.3, 0.4) is 0 Å². The Hall–Kier alpha value is -2.57. The Kier molecular flexibility index (Phi) is 4.42. The number of hydrogen-bond acceptors (Lipinski definition) is 4. The van der Waals surface area contributed by atoms with Crippen LogP contribution in [0.25, 0.3) is 0 Å². The summed E-state index contributed by atoms with van der Waals surface area (Å²) in [5.74, 6) is -0.494. The van der Waals surface area contributed by atoms with Crippen LogP contribution in [0.1, 0.15) is 17.3 Å². The number of carbonyl (C=O) groups excluding carboxylic acids is 3. The summed E-state index contributed by atoms with van der Waals surface area (Å²) in [4.78, 5) is 36.4. The largest absolute Gasteiger partial charge is 0.374 e. The smallest absolute Gasteiger partial charge is 0.324 e. The molecule has 21 heavy (non-hydrogen) atoms. The van der Waals surface area contributed by atoms with E-state index in [0.717, 1.165) is 0 Å². The molecule has 1 aromatic carbocycles. The summed E-state index contributed by atoms with van der Waals surface area (Å²) >= 11 is 0. The molecular formula is C14H18N4O3.